The van der Waals surface area contributed by atoms with Crippen LogP contribution in [0.1, 0.15) is 0 Å². The first-order valence-electron chi connectivity index (χ1n) is 0.642. The summed E-state index contributed by atoms with van der Waals surface area (Å²) in [6, 6.07) is 0. The van der Waals surface area contributed by atoms with E-state index in [1.54, 1.807) is 0 Å². The average molecular weight is 153 g/mol. The van der Waals surface area contributed by atoms with Gasteiger partial charge in [0.05, 0.1) is 0 Å². The standard InChI is InChI=1S/F2O2S.FH.P/c1-5(2,3)4;;/h;1H;. The van der Waals surface area contributed by atoms with Crippen LogP contribution in [0.5, 0.6) is 0 Å². The van der Waals surface area contributed by atoms with Gasteiger partial charge in [0.15, 0.2) is 0 Å². The highest BCUT2D eigenvalue weighted by Gasteiger charge is 1.94. The Balaban J connectivity index is -0.0000000800. The second kappa shape index (κ2) is 4.33. The molecule has 0 aliphatic rings. The van der Waals surface area contributed by atoms with E-state index in [9.17, 15) is 7.77 Å². The molecule has 0 atom stereocenters. The predicted octanol–water partition coefficient (Wildman–Crippen LogP) is 1.18. The van der Waals surface area contributed by atoms with Crippen LogP contribution in [-0.2, 0) is 10.6 Å². The number of rotatable bonds is 0. The van der Waals surface area contributed by atoms with Crippen LogP contribution < -0.4 is 0 Å². The molecule has 0 aromatic heterocycles. The highest BCUT2D eigenvalue weighted by atomic mass is 32.3. The monoisotopic (exact) mass is 153 g/mol. The molecule has 3 radical (unpaired) electrons. The Labute approximate surface area is 42.4 Å². The van der Waals surface area contributed by atoms with E-state index in [2.05, 4.69) is 0 Å². The lowest BCUT2D eigenvalue weighted by atomic mass is 15.9. The van der Waals surface area contributed by atoms with Gasteiger partial charge in [-0.25, -0.2) is 0 Å². The van der Waals surface area contributed by atoms with Crippen molar-refractivity contribution in [3.63, 3.8) is 0 Å². The van der Waals surface area contributed by atoms with Gasteiger partial charge in [-0.05, 0) is 0 Å². The lowest BCUT2D eigenvalue weighted by Crippen LogP contribution is -1.69. The molecule has 0 saturated carbocycles. The fourth-order valence-corrected chi connectivity index (χ4v) is 0. The van der Waals surface area contributed by atoms with E-state index >= 15 is 0 Å². The molecule has 0 saturated heterocycles. The molecule has 0 rings (SSSR count). The van der Waals surface area contributed by atoms with Gasteiger partial charge in [-0.1, -0.05) is 7.77 Å². The maximum absolute atomic E-state index is 9.99. The van der Waals surface area contributed by atoms with Gasteiger partial charge in [-0.2, -0.15) is 8.42 Å². The fraction of sp³-hybridized carbons (Fsp3) is 0. The normalized spacial score (nSPS) is 8.29. The zero-order valence-electron chi connectivity index (χ0n) is 2.84. The van der Waals surface area contributed by atoms with Crippen molar-refractivity contribution in [3.05, 3.63) is 0 Å². The third-order valence-electron chi connectivity index (χ3n) is 0. The van der Waals surface area contributed by atoms with Crippen molar-refractivity contribution < 1.29 is 20.9 Å². The molecule has 0 bridgehead atoms. The van der Waals surface area contributed by atoms with Gasteiger partial charge in [-0.15, -0.1) is 0 Å². The first-order valence-corrected chi connectivity index (χ1v) is 1.93. The van der Waals surface area contributed by atoms with Crippen LogP contribution in [0.3, 0.4) is 0 Å². The molecule has 7 heteroatoms. The van der Waals surface area contributed by atoms with Crippen molar-refractivity contribution in [2.24, 2.45) is 0 Å². The van der Waals surface area contributed by atoms with Gasteiger partial charge in [0.2, 0.25) is 0 Å². The fourth-order valence-electron chi connectivity index (χ4n) is 0. The van der Waals surface area contributed by atoms with Gasteiger partial charge >= 0.3 is 10.6 Å². The van der Waals surface area contributed by atoms with Gasteiger partial charge in [0.25, 0.3) is 0 Å². The molecule has 0 heterocycles. The summed E-state index contributed by atoms with van der Waals surface area (Å²) in [6.45, 7) is 0. The van der Waals surface area contributed by atoms with Crippen LogP contribution in [0.2, 0.25) is 0 Å². The Kier molecular flexibility index (Phi) is 9.71. The quantitative estimate of drug-likeness (QED) is 0.386. The van der Waals surface area contributed by atoms with Crippen molar-refractivity contribution in [3.8, 4) is 0 Å². The second-order valence-corrected chi connectivity index (χ2v) is 1.14. The van der Waals surface area contributed by atoms with Gasteiger partial charge in [0, 0.05) is 9.90 Å². The van der Waals surface area contributed by atoms with Crippen LogP contribution in [0.25, 0.3) is 0 Å². The molecule has 0 fully saturated rings. The van der Waals surface area contributed by atoms with Crippen LogP contribution in [0, 0.1) is 0 Å². The summed E-state index contributed by atoms with van der Waals surface area (Å²) in [6.07, 6.45) is 0. The van der Waals surface area contributed by atoms with E-state index in [1.165, 1.54) is 0 Å². The zero-order valence-corrected chi connectivity index (χ0v) is 4.55. The molecule has 7 heavy (non-hydrogen) atoms. The molecule has 2 nitrogen and oxygen atoms in total. The van der Waals surface area contributed by atoms with Crippen molar-refractivity contribution in [2.45, 2.75) is 0 Å². The van der Waals surface area contributed by atoms with Crippen LogP contribution in [0.15, 0.2) is 0 Å². The van der Waals surface area contributed by atoms with Crippen molar-refractivity contribution in [2.75, 3.05) is 0 Å². The summed E-state index contributed by atoms with van der Waals surface area (Å²) >= 11 is 0. The smallest absolute Gasteiger partial charge is 0.269 e. The average Bonchev–Trinajstić information content (AvgIpc) is 0.722. The molecule has 0 aromatic rings. The van der Waals surface area contributed by atoms with Crippen molar-refractivity contribution in [1.82, 2.24) is 0 Å². The number of halogens is 3. The first-order chi connectivity index (χ1) is 2.00. The molecule has 0 aromatic carbocycles. The molecule has 0 spiro atoms. The molecular weight excluding hydrogens is 152 g/mol. The summed E-state index contributed by atoms with van der Waals surface area (Å²) in [4.78, 5) is 0. The molecule has 45 valence electrons. The lowest BCUT2D eigenvalue weighted by molar-refractivity contribution is 0.501. The van der Waals surface area contributed by atoms with Gasteiger partial charge in [-0.3, -0.25) is 4.70 Å². The van der Waals surface area contributed by atoms with Crippen LogP contribution in [0.4, 0.5) is 12.5 Å². The molecule has 0 N–H and O–H groups in total. The number of hydrogen-bond acceptors (Lipinski definition) is 2. The summed E-state index contributed by atoms with van der Waals surface area (Å²) in [5.74, 6) is 0. The first kappa shape index (κ1) is 15.7. The van der Waals surface area contributed by atoms with E-state index in [0.29, 0.717) is 0 Å². The Morgan fingerprint density at radius 3 is 1.14 bits per heavy atom. The van der Waals surface area contributed by atoms with E-state index in [1.807, 2.05) is 0 Å². The van der Waals surface area contributed by atoms with Crippen molar-refractivity contribution in [1.29, 1.82) is 0 Å². The third kappa shape index (κ3) is 3710. The largest absolute Gasteiger partial charge is 0.476 e. The number of hydrogen-bond donors (Lipinski definition) is 0. The summed E-state index contributed by atoms with van der Waals surface area (Å²) in [7, 11) is -5.67. The minimum absolute atomic E-state index is 0. The van der Waals surface area contributed by atoms with Gasteiger partial charge in [0.1, 0.15) is 0 Å². The molecule has 0 aliphatic carbocycles. The summed E-state index contributed by atoms with van der Waals surface area (Å²) in [5, 5.41) is 0. The Hall–Kier alpha value is 0.170. The SMILES string of the molecule is F.O=S(=O)(F)F.[P]. The van der Waals surface area contributed by atoms with E-state index in [4.69, 9.17) is 8.42 Å². The molecular formula is HF3O2PS. The van der Waals surface area contributed by atoms with E-state index in [-0.39, 0.29) is 14.6 Å². The van der Waals surface area contributed by atoms with Crippen LogP contribution >= 0.6 is 9.90 Å². The Morgan fingerprint density at radius 2 is 1.14 bits per heavy atom. The lowest BCUT2D eigenvalue weighted by Gasteiger charge is -1.57. The maximum atomic E-state index is 9.99. The summed E-state index contributed by atoms with van der Waals surface area (Å²) in [5.41, 5.74) is 0. The summed E-state index contributed by atoms with van der Waals surface area (Å²) < 4.78 is 36.6. The Bertz CT molecular complexity index is 96.1. The molecule has 0 amide bonds. The third-order valence-corrected chi connectivity index (χ3v) is 0. The van der Waals surface area contributed by atoms with Crippen LogP contribution in [-0.4, -0.2) is 8.42 Å². The van der Waals surface area contributed by atoms with Gasteiger partial charge < -0.3 is 0 Å². The predicted molar refractivity (Wildman–Crippen MR) is 20.6 cm³/mol. The molecule has 0 aliphatic heterocycles. The minimum Gasteiger partial charge on any atom is -0.269 e. The van der Waals surface area contributed by atoms with Crippen molar-refractivity contribution >= 4 is 20.5 Å². The topological polar surface area (TPSA) is 34.1 Å². The zero-order chi connectivity index (χ0) is 4.50. The maximum Gasteiger partial charge on any atom is 0.476 e. The van der Waals surface area contributed by atoms with E-state index in [0.717, 1.165) is 0 Å². The minimum atomic E-state index is -5.67. The highest BCUT2D eigenvalue weighted by Crippen LogP contribution is 1.85. The Morgan fingerprint density at radius 1 is 1.14 bits per heavy atom. The van der Waals surface area contributed by atoms with E-state index < -0.39 is 10.6 Å². The molecule has 0 unspecified atom stereocenters. The second-order valence-electron chi connectivity index (χ2n) is 0.378. The highest BCUT2D eigenvalue weighted by molar-refractivity contribution is 7.81.